The molecule has 1 atom stereocenters. The molecule has 0 radical (unpaired) electrons. The fourth-order valence-electron chi connectivity index (χ4n) is 4.99. The Labute approximate surface area is 195 Å². The van der Waals surface area contributed by atoms with Crippen LogP contribution in [-0.4, -0.2) is 69.9 Å². The lowest BCUT2D eigenvalue weighted by atomic mass is 9.98. The number of hydrogen-bond donors (Lipinski definition) is 1. The monoisotopic (exact) mass is 453 g/mol. The van der Waals surface area contributed by atoms with Gasteiger partial charge in [0, 0.05) is 45.1 Å². The van der Waals surface area contributed by atoms with Crippen molar-refractivity contribution in [2.24, 2.45) is 0 Å². The van der Waals surface area contributed by atoms with Gasteiger partial charge in [-0.25, -0.2) is 4.98 Å². The normalized spacial score (nSPS) is 21.4. The molecule has 8 nitrogen and oxygen atoms in total. The lowest BCUT2D eigenvalue weighted by Crippen LogP contribution is -2.43. The van der Waals surface area contributed by atoms with Crippen LogP contribution in [0.3, 0.4) is 0 Å². The molecule has 8 heteroatoms. The van der Waals surface area contributed by atoms with Crippen molar-refractivity contribution in [3.63, 3.8) is 0 Å². The molecular weight excluding hydrogens is 418 g/mol. The highest BCUT2D eigenvalue weighted by atomic mass is 16.2. The van der Waals surface area contributed by atoms with E-state index >= 15 is 0 Å². The van der Waals surface area contributed by atoms with Crippen molar-refractivity contribution in [2.45, 2.75) is 64.0 Å². The smallest absolute Gasteiger partial charge is 0.261 e. The zero-order valence-electron chi connectivity index (χ0n) is 19.4. The van der Waals surface area contributed by atoms with E-state index in [0.29, 0.717) is 43.0 Å². The highest BCUT2D eigenvalue weighted by Gasteiger charge is 2.24. The molecule has 2 aromatic rings. The van der Waals surface area contributed by atoms with Gasteiger partial charge in [0.15, 0.2) is 0 Å². The molecule has 1 aromatic carbocycles. The molecule has 0 aliphatic carbocycles. The van der Waals surface area contributed by atoms with Crippen molar-refractivity contribution in [2.75, 3.05) is 32.7 Å². The zero-order chi connectivity index (χ0) is 23.0. The highest BCUT2D eigenvalue weighted by Crippen LogP contribution is 2.20. The Bertz CT molecular complexity index is 1020. The maximum Gasteiger partial charge on any atom is 0.261 e. The summed E-state index contributed by atoms with van der Waals surface area (Å²) < 4.78 is 1.53. The summed E-state index contributed by atoms with van der Waals surface area (Å²) in [6.45, 7) is 4.29. The second-order valence-electron chi connectivity index (χ2n) is 9.19. The van der Waals surface area contributed by atoms with E-state index in [2.05, 4.69) is 15.2 Å². The molecule has 1 aromatic heterocycles. The van der Waals surface area contributed by atoms with Gasteiger partial charge in [-0.3, -0.25) is 23.9 Å². The van der Waals surface area contributed by atoms with Gasteiger partial charge in [-0.05, 0) is 57.3 Å². The highest BCUT2D eigenvalue weighted by molar-refractivity contribution is 5.78. The standard InChI is InChI=1S/C25H35N5O3/c31-23-18-20-8-3-4-13-28(20)14-5-6-15-29(16-7-12-26-23)24(32)11-17-30-19-27-22-10-2-1-9-21(22)25(30)33/h1-2,9-10,19-20H,3-8,11-18H2,(H,26,31). The summed E-state index contributed by atoms with van der Waals surface area (Å²) in [5.41, 5.74) is 0.555. The van der Waals surface area contributed by atoms with Gasteiger partial charge in [-0.2, -0.15) is 0 Å². The lowest BCUT2D eigenvalue weighted by molar-refractivity contribution is -0.131. The average Bonchev–Trinajstić information content (AvgIpc) is 2.84. The molecule has 33 heavy (non-hydrogen) atoms. The van der Waals surface area contributed by atoms with E-state index in [9.17, 15) is 14.4 Å². The van der Waals surface area contributed by atoms with Gasteiger partial charge in [0.2, 0.25) is 11.8 Å². The van der Waals surface area contributed by atoms with Crippen molar-refractivity contribution < 1.29 is 9.59 Å². The first-order valence-electron chi connectivity index (χ1n) is 12.3. The fourth-order valence-corrected chi connectivity index (χ4v) is 4.99. The van der Waals surface area contributed by atoms with E-state index in [1.54, 1.807) is 6.07 Å². The summed E-state index contributed by atoms with van der Waals surface area (Å²) in [6, 6.07) is 7.62. The molecule has 178 valence electrons. The van der Waals surface area contributed by atoms with Gasteiger partial charge < -0.3 is 10.2 Å². The summed E-state index contributed by atoms with van der Waals surface area (Å²) in [6.07, 6.45) is 8.59. The number of aromatic nitrogens is 2. The van der Waals surface area contributed by atoms with Crippen LogP contribution in [0.2, 0.25) is 0 Å². The predicted molar refractivity (Wildman–Crippen MR) is 128 cm³/mol. The molecule has 0 saturated carbocycles. The fraction of sp³-hybridized carbons (Fsp3) is 0.600. The maximum absolute atomic E-state index is 13.0. The quantitative estimate of drug-likeness (QED) is 0.770. The van der Waals surface area contributed by atoms with Crippen molar-refractivity contribution in [3.05, 3.63) is 40.9 Å². The first-order chi connectivity index (χ1) is 16.1. The van der Waals surface area contributed by atoms with E-state index in [-0.39, 0.29) is 23.8 Å². The van der Waals surface area contributed by atoms with Gasteiger partial charge in [-0.1, -0.05) is 18.6 Å². The van der Waals surface area contributed by atoms with Crippen LogP contribution >= 0.6 is 0 Å². The number of nitrogens with one attached hydrogen (secondary N) is 1. The number of nitrogens with zero attached hydrogens (tertiary/aromatic N) is 4. The summed E-state index contributed by atoms with van der Waals surface area (Å²) in [5, 5.41) is 3.61. The first kappa shape index (κ1) is 23.4. The van der Waals surface area contributed by atoms with Gasteiger partial charge in [-0.15, -0.1) is 0 Å². The van der Waals surface area contributed by atoms with Crippen LogP contribution in [0.1, 0.15) is 51.4 Å². The van der Waals surface area contributed by atoms with Gasteiger partial charge in [0.05, 0.1) is 17.2 Å². The van der Waals surface area contributed by atoms with E-state index in [1.807, 2.05) is 23.1 Å². The summed E-state index contributed by atoms with van der Waals surface area (Å²) in [4.78, 5) is 46.8. The second-order valence-corrected chi connectivity index (χ2v) is 9.19. The third kappa shape index (κ3) is 6.19. The molecule has 3 heterocycles. The van der Waals surface area contributed by atoms with Gasteiger partial charge in [0.25, 0.3) is 5.56 Å². The molecule has 2 saturated heterocycles. The summed E-state index contributed by atoms with van der Waals surface area (Å²) >= 11 is 0. The van der Waals surface area contributed by atoms with Gasteiger partial charge in [0.1, 0.15) is 0 Å². The second kappa shape index (κ2) is 11.4. The van der Waals surface area contributed by atoms with E-state index in [0.717, 1.165) is 45.3 Å². The topological polar surface area (TPSA) is 87.5 Å². The van der Waals surface area contributed by atoms with E-state index in [4.69, 9.17) is 0 Å². The Morgan fingerprint density at radius 2 is 1.76 bits per heavy atom. The number of amides is 2. The van der Waals surface area contributed by atoms with E-state index in [1.165, 1.54) is 23.7 Å². The third-order valence-corrected chi connectivity index (χ3v) is 6.87. The van der Waals surface area contributed by atoms with Crippen molar-refractivity contribution in [3.8, 4) is 0 Å². The molecular formula is C25H35N5O3. The number of carbonyl (C=O) groups is 2. The Hall–Kier alpha value is -2.74. The Morgan fingerprint density at radius 3 is 2.64 bits per heavy atom. The summed E-state index contributed by atoms with van der Waals surface area (Å²) in [7, 11) is 0. The van der Waals surface area contributed by atoms with Gasteiger partial charge >= 0.3 is 0 Å². The number of benzene rings is 1. The summed E-state index contributed by atoms with van der Waals surface area (Å²) in [5.74, 6) is 0.166. The molecule has 2 amide bonds. The predicted octanol–water partition coefficient (Wildman–Crippen LogP) is 2.16. The van der Waals surface area contributed by atoms with Crippen LogP contribution in [0, 0.1) is 0 Å². The Kier molecular flexibility index (Phi) is 8.10. The number of rotatable bonds is 3. The van der Waals surface area contributed by atoms with Crippen molar-refractivity contribution in [1.82, 2.24) is 24.7 Å². The minimum atomic E-state index is -0.114. The SMILES string of the molecule is O=C1CC2CCCCN2CCCCN(C(=O)CCn2cnc3ccccc3c2=O)CCCN1. The van der Waals surface area contributed by atoms with Crippen LogP contribution in [0.15, 0.2) is 35.4 Å². The molecule has 2 aliphatic rings. The Morgan fingerprint density at radius 1 is 1.00 bits per heavy atom. The minimum absolute atomic E-state index is 0.0482. The van der Waals surface area contributed by atoms with Crippen LogP contribution < -0.4 is 10.9 Å². The van der Waals surface area contributed by atoms with Crippen LogP contribution in [-0.2, 0) is 16.1 Å². The van der Waals surface area contributed by atoms with Crippen LogP contribution in [0.25, 0.3) is 10.9 Å². The molecule has 1 N–H and O–H groups in total. The van der Waals surface area contributed by atoms with Crippen molar-refractivity contribution >= 4 is 22.7 Å². The van der Waals surface area contributed by atoms with Crippen LogP contribution in [0.4, 0.5) is 0 Å². The van der Waals surface area contributed by atoms with Crippen molar-refractivity contribution in [1.29, 1.82) is 0 Å². The Balaban J connectivity index is 1.36. The third-order valence-electron chi connectivity index (χ3n) is 6.87. The molecule has 0 bridgehead atoms. The largest absolute Gasteiger partial charge is 0.356 e. The number of hydrogen-bond acceptors (Lipinski definition) is 5. The number of fused-ring (bicyclic) bond motifs is 2. The number of piperidine rings is 1. The zero-order valence-corrected chi connectivity index (χ0v) is 19.4. The molecule has 0 spiro atoms. The van der Waals surface area contributed by atoms with Crippen LogP contribution in [0.5, 0.6) is 0 Å². The van der Waals surface area contributed by atoms with E-state index < -0.39 is 0 Å². The number of aryl methyl sites for hydroxylation is 1. The minimum Gasteiger partial charge on any atom is -0.356 e. The number of carbonyl (C=O) groups excluding carboxylic acids is 2. The first-order valence-corrected chi connectivity index (χ1v) is 12.3. The maximum atomic E-state index is 13.0. The molecule has 1 unspecified atom stereocenters. The molecule has 2 fully saturated rings. The molecule has 2 aliphatic heterocycles. The average molecular weight is 454 g/mol. The number of para-hydroxylation sites is 1. The lowest BCUT2D eigenvalue weighted by Gasteiger charge is -2.35. The molecule has 4 rings (SSSR count).